The van der Waals surface area contributed by atoms with Gasteiger partial charge in [0.2, 0.25) is 0 Å². The largest absolute Gasteiger partial charge is 0.396 e. The molecule has 0 radical (unpaired) electrons. The van der Waals surface area contributed by atoms with Crippen molar-refractivity contribution >= 4 is 27.3 Å². The van der Waals surface area contributed by atoms with Crippen molar-refractivity contribution < 1.29 is 14.4 Å². The van der Waals surface area contributed by atoms with Crippen LogP contribution in [0.2, 0.25) is 0 Å². The molecule has 0 spiro atoms. The number of anilines is 1. The summed E-state index contributed by atoms with van der Waals surface area (Å²) in [7, 11) is 0. The van der Waals surface area contributed by atoms with E-state index in [0.717, 1.165) is 12.5 Å². The summed E-state index contributed by atoms with van der Waals surface area (Å²) >= 11 is 3.01. The van der Waals surface area contributed by atoms with Gasteiger partial charge in [0.05, 0.1) is 15.5 Å². The van der Waals surface area contributed by atoms with Crippen LogP contribution >= 0.6 is 15.9 Å². The zero-order chi connectivity index (χ0) is 14.4. The van der Waals surface area contributed by atoms with Gasteiger partial charge in [0, 0.05) is 13.2 Å². The highest BCUT2D eigenvalue weighted by molar-refractivity contribution is 9.10. The van der Waals surface area contributed by atoms with Gasteiger partial charge in [0.15, 0.2) is 0 Å². The van der Waals surface area contributed by atoms with Crippen molar-refractivity contribution in [3.8, 4) is 0 Å². The quantitative estimate of drug-likeness (QED) is 0.592. The first-order chi connectivity index (χ1) is 8.99. The highest BCUT2D eigenvalue weighted by atomic mass is 79.9. The van der Waals surface area contributed by atoms with Crippen LogP contribution in [0, 0.1) is 21.8 Å². The predicted molar refractivity (Wildman–Crippen MR) is 74.7 cm³/mol. The lowest BCUT2D eigenvalue weighted by Gasteiger charge is -2.15. The Balaban J connectivity index is 2.87. The van der Waals surface area contributed by atoms with Gasteiger partial charge in [-0.25, -0.2) is 4.39 Å². The molecule has 1 rings (SSSR count). The first-order valence-electron chi connectivity index (χ1n) is 5.97. The Morgan fingerprint density at radius 3 is 2.79 bits per heavy atom. The maximum absolute atomic E-state index is 13.3. The van der Waals surface area contributed by atoms with Gasteiger partial charge in [-0.1, -0.05) is 13.3 Å². The number of rotatable bonds is 7. The lowest BCUT2D eigenvalue weighted by Crippen LogP contribution is -2.15. The minimum absolute atomic E-state index is 0.0788. The maximum Gasteiger partial charge on any atom is 0.295 e. The summed E-state index contributed by atoms with van der Waals surface area (Å²) in [4.78, 5) is 10.2. The Bertz CT molecular complexity index is 457. The molecule has 0 bridgehead atoms. The molecule has 1 aromatic carbocycles. The smallest absolute Gasteiger partial charge is 0.295 e. The number of hydrogen-bond donors (Lipinski definition) is 2. The van der Waals surface area contributed by atoms with Gasteiger partial charge >= 0.3 is 0 Å². The lowest BCUT2D eigenvalue weighted by atomic mass is 10.0. The van der Waals surface area contributed by atoms with Gasteiger partial charge in [0.25, 0.3) is 5.69 Å². The summed E-state index contributed by atoms with van der Waals surface area (Å²) in [5, 5.41) is 22.7. The number of aliphatic hydroxyl groups is 1. The van der Waals surface area contributed by atoms with Crippen LogP contribution in [-0.4, -0.2) is 23.2 Å². The lowest BCUT2D eigenvalue weighted by molar-refractivity contribution is -0.384. The normalized spacial score (nSPS) is 12.2. The molecule has 0 aliphatic rings. The minimum atomic E-state index is -0.667. The van der Waals surface area contributed by atoms with E-state index in [1.54, 1.807) is 0 Å². The van der Waals surface area contributed by atoms with Crippen LogP contribution in [0.3, 0.4) is 0 Å². The van der Waals surface area contributed by atoms with Gasteiger partial charge in [-0.05, 0) is 34.3 Å². The van der Waals surface area contributed by atoms with E-state index < -0.39 is 10.7 Å². The van der Waals surface area contributed by atoms with Crippen LogP contribution in [-0.2, 0) is 0 Å². The molecular weight excluding hydrogens is 319 g/mol. The summed E-state index contributed by atoms with van der Waals surface area (Å²) in [5.41, 5.74) is -0.0192. The topological polar surface area (TPSA) is 75.4 Å². The number of benzene rings is 1. The summed E-state index contributed by atoms with van der Waals surface area (Å²) in [6, 6.07) is 2.25. The number of nitro benzene ring substituents is 1. The molecule has 1 aromatic rings. The molecule has 0 aliphatic carbocycles. The van der Waals surface area contributed by atoms with E-state index in [2.05, 4.69) is 21.2 Å². The van der Waals surface area contributed by atoms with Gasteiger partial charge in [-0.15, -0.1) is 0 Å². The zero-order valence-electron chi connectivity index (χ0n) is 10.5. The van der Waals surface area contributed by atoms with E-state index in [4.69, 9.17) is 5.11 Å². The van der Waals surface area contributed by atoms with E-state index in [0.29, 0.717) is 13.0 Å². The molecule has 0 aromatic heterocycles. The molecule has 0 aliphatic heterocycles. The van der Waals surface area contributed by atoms with Crippen LogP contribution in [0.15, 0.2) is 16.6 Å². The summed E-state index contributed by atoms with van der Waals surface area (Å²) in [6.45, 7) is 2.56. The van der Waals surface area contributed by atoms with Crippen LogP contribution < -0.4 is 5.32 Å². The van der Waals surface area contributed by atoms with E-state index in [1.807, 2.05) is 6.92 Å². The summed E-state index contributed by atoms with van der Waals surface area (Å²) < 4.78 is 13.5. The van der Waals surface area contributed by atoms with Gasteiger partial charge < -0.3 is 10.4 Å². The highest BCUT2D eigenvalue weighted by Gasteiger charge is 2.18. The molecule has 2 N–H and O–H groups in total. The van der Waals surface area contributed by atoms with E-state index >= 15 is 0 Å². The van der Waals surface area contributed by atoms with Crippen molar-refractivity contribution in [1.29, 1.82) is 0 Å². The standard InChI is InChI=1S/C12H16BrFN2O3/c1-2-8(3-4-17)7-15-11-5-9(13)10(14)6-12(11)16(18)19/h5-6,8,15,17H,2-4,7H2,1H3. The fourth-order valence-corrected chi connectivity index (χ4v) is 2.06. The first-order valence-corrected chi connectivity index (χ1v) is 6.77. The number of nitrogens with zero attached hydrogens (tertiary/aromatic N) is 1. The first kappa shape index (κ1) is 15.8. The van der Waals surface area contributed by atoms with Crippen LogP contribution in [0.1, 0.15) is 19.8 Å². The van der Waals surface area contributed by atoms with Crippen LogP contribution in [0.4, 0.5) is 15.8 Å². The fraction of sp³-hybridized carbons (Fsp3) is 0.500. The maximum atomic E-state index is 13.3. The molecule has 5 nitrogen and oxygen atoms in total. The third-order valence-electron chi connectivity index (χ3n) is 2.93. The van der Waals surface area contributed by atoms with Crippen molar-refractivity contribution in [1.82, 2.24) is 0 Å². The number of halogens is 2. The average molecular weight is 335 g/mol. The van der Waals surface area contributed by atoms with Crippen molar-refractivity contribution in [2.24, 2.45) is 5.92 Å². The number of nitrogens with one attached hydrogen (secondary N) is 1. The molecular formula is C12H16BrFN2O3. The molecule has 0 saturated carbocycles. The molecule has 1 atom stereocenters. The number of nitro groups is 1. The molecule has 0 fully saturated rings. The van der Waals surface area contributed by atoms with Gasteiger partial charge in [0.1, 0.15) is 11.5 Å². The van der Waals surface area contributed by atoms with Gasteiger partial charge in [-0.2, -0.15) is 0 Å². The Hall–Kier alpha value is -1.21. The minimum Gasteiger partial charge on any atom is -0.396 e. The zero-order valence-corrected chi connectivity index (χ0v) is 12.1. The molecule has 1 unspecified atom stereocenters. The third kappa shape index (κ3) is 4.43. The number of hydrogen-bond acceptors (Lipinski definition) is 4. The Morgan fingerprint density at radius 1 is 1.58 bits per heavy atom. The SMILES string of the molecule is CCC(CCO)CNc1cc(Br)c(F)cc1[N+](=O)[O-]. The highest BCUT2D eigenvalue weighted by Crippen LogP contribution is 2.30. The van der Waals surface area contributed by atoms with Crippen molar-refractivity contribution in [2.45, 2.75) is 19.8 Å². The monoisotopic (exact) mass is 334 g/mol. The van der Waals surface area contributed by atoms with Crippen LogP contribution in [0.25, 0.3) is 0 Å². The Kier molecular flexibility index (Phi) is 6.17. The second-order valence-corrected chi connectivity index (χ2v) is 5.06. The van der Waals surface area contributed by atoms with E-state index in [1.165, 1.54) is 6.07 Å². The Labute approximate surface area is 119 Å². The van der Waals surface area contributed by atoms with E-state index in [-0.39, 0.29) is 28.4 Å². The van der Waals surface area contributed by atoms with Crippen molar-refractivity contribution in [2.75, 3.05) is 18.5 Å². The Morgan fingerprint density at radius 2 is 2.26 bits per heavy atom. The predicted octanol–water partition coefficient (Wildman–Crippen LogP) is 3.32. The molecule has 0 saturated heterocycles. The molecule has 0 amide bonds. The van der Waals surface area contributed by atoms with Crippen molar-refractivity contribution in [3.05, 3.63) is 32.5 Å². The summed E-state index contributed by atoms with van der Waals surface area (Å²) in [5.74, 6) is -0.451. The van der Waals surface area contributed by atoms with Crippen molar-refractivity contribution in [3.63, 3.8) is 0 Å². The number of aliphatic hydroxyl groups excluding tert-OH is 1. The molecule has 7 heteroatoms. The van der Waals surface area contributed by atoms with E-state index in [9.17, 15) is 14.5 Å². The fourth-order valence-electron chi connectivity index (χ4n) is 1.72. The second-order valence-electron chi connectivity index (χ2n) is 4.21. The summed E-state index contributed by atoms with van der Waals surface area (Å²) in [6.07, 6.45) is 1.48. The van der Waals surface area contributed by atoms with Crippen LogP contribution in [0.5, 0.6) is 0 Å². The third-order valence-corrected chi connectivity index (χ3v) is 3.54. The molecule has 19 heavy (non-hydrogen) atoms. The van der Waals surface area contributed by atoms with Gasteiger partial charge in [-0.3, -0.25) is 10.1 Å². The molecule has 0 heterocycles. The average Bonchev–Trinajstić information content (AvgIpc) is 2.37. The molecule has 106 valence electrons. The second kappa shape index (κ2) is 7.40.